The highest BCUT2D eigenvalue weighted by Crippen LogP contribution is 2.48. The van der Waals surface area contributed by atoms with E-state index in [1.807, 2.05) is 0 Å². The number of carbonyl (C=O) groups is 2. The third-order valence-electron chi connectivity index (χ3n) is 4.21. The van der Waals surface area contributed by atoms with Gasteiger partial charge in [-0.2, -0.15) is 0 Å². The fourth-order valence-corrected chi connectivity index (χ4v) is 2.91. The lowest BCUT2D eigenvalue weighted by atomic mass is 10.1. The quantitative estimate of drug-likeness (QED) is 0.873. The minimum Gasteiger partial charge on any atom is -0.495 e. The smallest absolute Gasteiger partial charge is 0.228 e. The number of anilines is 2. The molecule has 5 nitrogen and oxygen atoms in total. The second kappa shape index (κ2) is 6.93. The summed E-state index contributed by atoms with van der Waals surface area (Å²) >= 11 is 0. The van der Waals surface area contributed by atoms with Gasteiger partial charge in [0.15, 0.2) is 0 Å². The number of amides is 2. The van der Waals surface area contributed by atoms with Crippen molar-refractivity contribution in [3.63, 3.8) is 0 Å². The van der Waals surface area contributed by atoms with Crippen molar-refractivity contribution in [3.8, 4) is 5.75 Å². The predicted molar refractivity (Wildman–Crippen MR) is 93.2 cm³/mol. The van der Waals surface area contributed by atoms with Gasteiger partial charge in [0.2, 0.25) is 11.8 Å². The number of methoxy groups -OCH3 is 1. The molecule has 2 aromatic carbocycles. The zero-order valence-corrected chi connectivity index (χ0v) is 14.0. The molecule has 6 heteroatoms. The van der Waals surface area contributed by atoms with Crippen LogP contribution < -0.4 is 15.4 Å². The third kappa shape index (κ3) is 3.79. The van der Waals surface area contributed by atoms with Crippen LogP contribution in [0.3, 0.4) is 0 Å². The fraction of sp³-hybridized carbons (Fsp3) is 0.263. The molecule has 0 saturated heterocycles. The highest BCUT2D eigenvalue weighted by atomic mass is 19.1. The van der Waals surface area contributed by atoms with Gasteiger partial charge in [-0.25, -0.2) is 4.39 Å². The molecule has 1 fully saturated rings. The Morgan fingerprint density at radius 3 is 2.60 bits per heavy atom. The minimum absolute atomic E-state index is 0.0886. The van der Waals surface area contributed by atoms with E-state index in [1.165, 1.54) is 20.1 Å². The van der Waals surface area contributed by atoms with Crippen molar-refractivity contribution in [2.24, 2.45) is 5.92 Å². The fourth-order valence-electron chi connectivity index (χ4n) is 2.91. The maximum atomic E-state index is 13.8. The molecule has 1 saturated carbocycles. The van der Waals surface area contributed by atoms with Gasteiger partial charge in [0.1, 0.15) is 11.6 Å². The molecule has 2 unspecified atom stereocenters. The van der Waals surface area contributed by atoms with Crippen molar-refractivity contribution < 1.29 is 18.7 Å². The Labute approximate surface area is 145 Å². The first-order valence-corrected chi connectivity index (χ1v) is 8.00. The Bertz CT molecular complexity index is 822. The second-order valence-corrected chi connectivity index (χ2v) is 6.06. The molecule has 3 rings (SSSR count). The molecule has 0 radical (unpaired) electrons. The number of hydrogen-bond donors (Lipinski definition) is 2. The van der Waals surface area contributed by atoms with Crippen LogP contribution in [0.4, 0.5) is 15.8 Å². The number of halogens is 1. The van der Waals surface area contributed by atoms with Crippen LogP contribution in [0.1, 0.15) is 24.8 Å². The van der Waals surface area contributed by atoms with E-state index in [4.69, 9.17) is 4.74 Å². The number of ether oxygens (including phenoxy) is 1. The van der Waals surface area contributed by atoms with E-state index in [0.717, 1.165) is 0 Å². The molecule has 2 amide bonds. The van der Waals surface area contributed by atoms with Gasteiger partial charge in [0.05, 0.1) is 12.8 Å². The summed E-state index contributed by atoms with van der Waals surface area (Å²) < 4.78 is 19.0. The van der Waals surface area contributed by atoms with Crippen LogP contribution in [-0.4, -0.2) is 18.9 Å². The molecular weight excluding hydrogens is 323 g/mol. The molecule has 1 aliphatic carbocycles. The molecule has 2 N–H and O–H groups in total. The molecule has 0 aromatic heterocycles. The second-order valence-electron chi connectivity index (χ2n) is 6.06. The van der Waals surface area contributed by atoms with Crippen LogP contribution >= 0.6 is 0 Å². The molecule has 2 atom stereocenters. The van der Waals surface area contributed by atoms with Gasteiger partial charge in [-0.3, -0.25) is 9.59 Å². The Balaban J connectivity index is 1.70. The molecule has 25 heavy (non-hydrogen) atoms. The maximum absolute atomic E-state index is 13.8. The van der Waals surface area contributed by atoms with Gasteiger partial charge in [0, 0.05) is 18.5 Å². The zero-order chi connectivity index (χ0) is 18.0. The van der Waals surface area contributed by atoms with Gasteiger partial charge >= 0.3 is 0 Å². The summed E-state index contributed by atoms with van der Waals surface area (Å²) in [7, 11) is 1.50. The summed E-state index contributed by atoms with van der Waals surface area (Å²) in [6, 6.07) is 11.5. The van der Waals surface area contributed by atoms with Gasteiger partial charge in [0.25, 0.3) is 0 Å². The summed E-state index contributed by atoms with van der Waals surface area (Å²) in [5.41, 5.74) is 1.61. The van der Waals surface area contributed by atoms with Crippen LogP contribution in [0.5, 0.6) is 5.75 Å². The van der Waals surface area contributed by atoms with Gasteiger partial charge < -0.3 is 15.4 Å². The number of carbonyl (C=O) groups excluding carboxylic acids is 2. The molecule has 0 aliphatic heterocycles. The first-order chi connectivity index (χ1) is 12.0. The standard InChI is InChI=1S/C19H19FN2O3/c1-11(23)21-17-9-12(7-8-18(17)25-2)22-19(24)15-10-14(15)13-5-3-4-6-16(13)20/h3-9,14-15H,10H2,1-2H3,(H,21,23)(H,22,24). The summed E-state index contributed by atoms with van der Waals surface area (Å²) in [6.45, 7) is 1.40. The van der Waals surface area contributed by atoms with E-state index in [2.05, 4.69) is 10.6 Å². The number of benzene rings is 2. The molecule has 0 bridgehead atoms. The number of nitrogens with one attached hydrogen (secondary N) is 2. The van der Waals surface area contributed by atoms with Crippen molar-refractivity contribution >= 4 is 23.2 Å². The van der Waals surface area contributed by atoms with Crippen LogP contribution in [0.15, 0.2) is 42.5 Å². The summed E-state index contributed by atoms with van der Waals surface area (Å²) in [5.74, 6) is -0.502. The van der Waals surface area contributed by atoms with E-state index in [0.29, 0.717) is 29.1 Å². The SMILES string of the molecule is COc1ccc(NC(=O)C2CC2c2ccccc2F)cc1NC(C)=O. The highest BCUT2D eigenvalue weighted by molar-refractivity contribution is 5.97. The van der Waals surface area contributed by atoms with Crippen LogP contribution in [-0.2, 0) is 9.59 Å². The summed E-state index contributed by atoms with van der Waals surface area (Å²) in [5, 5.41) is 5.48. The van der Waals surface area contributed by atoms with Crippen molar-refractivity contribution in [2.75, 3.05) is 17.7 Å². The van der Waals surface area contributed by atoms with Crippen LogP contribution in [0.25, 0.3) is 0 Å². The van der Waals surface area contributed by atoms with Crippen molar-refractivity contribution in [1.29, 1.82) is 0 Å². The molecule has 2 aromatic rings. The first kappa shape index (κ1) is 17.0. The normalized spacial score (nSPS) is 18.4. The maximum Gasteiger partial charge on any atom is 0.228 e. The van der Waals surface area contributed by atoms with E-state index in [9.17, 15) is 14.0 Å². The average Bonchev–Trinajstić information content (AvgIpc) is 3.35. The molecule has 130 valence electrons. The van der Waals surface area contributed by atoms with Gasteiger partial charge in [-0.15, -0.1) is 0 Å². The van der Waals surface area contributed by atoms with Crippen LogP contribution in [0, 0.1) is 11.7 Å². The van der Waals surface area contributed by atoms with Crippen molar-refractivity contribution in [2.45, 2.75) is 19.3 Å². The molecule has 0 heterocycles. The lowest BCUT2D eigenvalue weighted by Crippen LogP contribution is -2.15. The lowest BCUT2D eigenvalue weighted by molar-refractivity contribution is -0.117. The molecule has 1 aliphatic rings. The highest BCUT2D eigenvalue weighted by Gasteiger charge is 2.45. The van der Waals surface area contributed by atoms with Crippen LogP contribution in [0.2, 0.25) is 0 Å². The Morgan fingerprint density at radius 2 is 1.92 bits per heavy atom. The Kier molecular flexibility index (Phi) is 4.70. The van der Waals surface area contributed by atoms with E-state index in [1.54, 1.807) is 36.4 Å². The van der Waals surface area contributed by atoms with E-state index < -0.39 is 0 Å². The van der Waals surface area contributed by atoms with Crippen molar-refractivity contribution in [3.05, 3.63) is 53.8 Å². The first-order valence-electron chi connectivity index (χ1n) is 8.00. The average molecular weight is 342 g/mol. The largest absolute Gasteiger partial charge is 0.495 e. The topological polar surface area (TPSA) is 67.4 Å². The summed E-state index contributed by atoms with van der Waals surface area (Å²) in [4.78, 5) is 23.7. The molecular formula is C19H19FN2O3. The van der Waals surface area contributed by atoms with Crippen molar-refractivity contribution in [1.82, 2.24) is 0 Å². The van der Waals surface area contributed by atoms with E-state index >= 15 is 0 Å². The Morgan fingerprint density at radius 1 is 1.16 bits per heavy atom. The third-order valence-corrected chi connectivity index (χ3v) is 4.21. The summed E-state index contributed by atoms with van der Waals surface area (Å²) in [6.07, 6.45) is 0.626. The van der Waals surface area contributed by atoms with Gasteiger partial charge in [-0.1, -0.05) is 18.2 Å². The predicted octanol–water partition coefficient (Wildman–Crippen LogP) is 3.53. The zero-order valence-electron chi connectivity index (χ0n) is 14.0. The number of rotatable bonds is 5. The minimum atomic E-state index is -0.278. The Hall–Kier alpha value is -2.89. The van der Waals surface area contributed by atoms with Gasteiger partial charge in [-0.05, 0) is 42.2 Å². The lowest BCUT2D eigenvalue weighted by Gasteiger charge is -2.12. The number of hydrogen-bond acceptors (Lipinski definition) is 3. The monoisotopic (exact) mass is 342 g/mol. The van der Waals surface area contributed by atoms with E-state index in [-0.39, 0.29) is 29.5 Å². The molecule has 0 spiro atoms.